The molecule has 0 aromatic heterocycles. The van der Waals surface area contributed by atoms with Crippen LogP contribution in [-0.4, -0.2) is 22.2 Å². The van der Waals surface area contributed by atoms with E-state index in [-0.39, 0.29) is 0 Å². The van der Waals surface area contributed by atoms with Crippen LogP contribution in [0.15, 0.2) is 26.3 Å². The van der Waals surface area contributed by atoms with Crippen molar-refractivity contribution in [3.05, 3.63) is 26.3 Å². The fourth-order valence-electron chi connectivity index (χ4n) is 0. The number of hydrogen-bond acceptors (Lipinski definition) is 2. The lowest BCUT2D eigenvalue weighted by Crippen LogP contribution is -2.09. The Bertz CT molecular complexity index is 94.3. The Kier molecular flexibility index (Phi) is 24.7. The molecule has 0 bridgehead atoms. The van der Waals surface area contributed by atoms with Crippen molar-refractivity contribution in [2.24, 2.45) is 0 Å². The van der Waals surface area contributed by atoms with Gasteiger partial charge in [0.2, 0.25) is 0 Å². The standard InChI is InChI=1S/C2H2O4.2C2H4/c3-1(4)2(5)6;2*1-2/h(H,3,4)(H,5,6);2*1-2H2. The summed E-state index contributed by atoms with van der Waals surface area (Å²) in [5, 5.41) is 14.8. The first-order valence-corrected chi connectivity index (χ1v) is 2.11. The summed E-state index contributed by atoms with van der Waals surface area (Å²) in [5.41, 5.74) is 0. The van der Waals surface area contributed by atoms with Gasteiger partial charge in [-0.15, -0.1) is 26.3 Å². The van der Waals surface area contributed by atoms with Crippen LogP contribution in [0.4, 0.5) is 0 Å². The summed E-state index contributed by atoms with van der Waals surface area (Å²) >= 11 is 0. The second kappa shape index (κ2) is 15.7. The maximum Gasteiger partial charge on any atom is 0.414 e. The lowest BCUT2D eigenvalue weighted by atomic mass is 10.7. The minimum Gasteiger partial charge on any atom is -0.473 e. The molecule has 58 valence electrons. The molecular formula is C6H10O4. The summed E-state index contributed by atoms with van der Waals surface area (Å²) in [7, 11) is 0. The second-order valence-corrected chi connectivity index (χ2v) is 0.610. The molecule has 2 N–H and O–H groups in total. The molecule has 0 fully saturated rings. The molecule has 4 nitrogen and oxygen atoms in total. The van der Waals surface area contributed by atoms with Gasteiger partial charge in [0.15, 0.2) is 0 Å². The zero-order chi connectivity index (χ0) is 9.15. The van der Waals surface area contributed by atoms with Crippen LogP contribution < -0.4 is 0 Å². The van der Waals surface area contributed by atoms with Gasteiger partial charge in [-0.1, -0.05) is 0 Å². The second-order valence-electron chi connectivity index (χ2n) is 0.610. The molecule has 0 unspecified atom stereocenters. The van der Waals surface area contributed by atoms with Crippen molar-refractivity contribution in [2.75, 3.05) is 0 Å². The van der Waals surface area contributed by atoms with Gasteiger partial charge in [-0.3, -0.25) is 0 Å². The number of carboxylic acid groups (broad SMARTS) is 2. The fourth-order valence-corrected chi connectivity index (χ4v) is 0. The topological polar surface area (TPSA) is 74.6 Å². The first-order chi connectivity index (χ1) is 4.64. The molecule has 0 aliphatic carbocycles. The summed E-state index contributed by atoms with van der Waals surface area (Å²) in [4.78, 5) is 18.2. The Morgan fingerprint density at radius 2 is 0.900 bits per heavy atom. The zero-order valence-corrected chi connectivity index (χ0v) is 5.54. The number of rotatable bonds is 0. The third-order valence-corrected chi connectivity index (χ3v) is 0.183. The quantitative estimate of drug-likeness (QED) is 0.391. The lowest BCUT2D eigenvalue weighted by molar-refractivity contribution is -0.159. The number of aliphatic carboxylic acids is 2. The van der Waals surface area contributed by atoms with E-state index in [0.29, 0.717) is 0 Å². The number of hydrogen-bond donors (Lipinski definition) is 2. The molecule has 4 heteroatoms. The zero-order valence-electron chi connectivity index (χ0n) is 5.54. The van der Waals surface area contributed by atoms with Crippen molar-refractivity contribution in [3.8, 4) is 0 Å². The van der Waals surface area contributed by atoms with Crippen LogP contribution in [0.2, 0.25) is 0 Å². The van der Waals surface area contributed by atoms with E-state index in [2.05, 4.69) is 26.3 Å². The Hall–Kier alpha value is -1.58. The van der Waals surface area contributed by atoms with Crippen molar-refractivity contribution < 1.29 is 19.8 Å². The maximum atomic E-state index is 9.10. The molecule has 0 spiro atoms. The molecule has 0 saturated carbocycles. The first kappa shape index (κ1) is 15.8. The molecule has 0 aromatic carbocycles. The first-order valence-electron chi connectivity index (χ1n) is 2.11. The van der Waals surface area contributed by atoms with E-state index >= 15 is 0 Å². The largest absolute Gasteiger partial charge is 0.473 e. The third-order valence-electron chi connectivity index (χ3n) is 0.183. The number of carbonyl (C=O) groups is 2. The minimum absolute atomic E-state index is 1.82. The van der Waals surface area contributed by atoms with Crippen LogP contribution in [0.25, 0.3) is 0 Å². The smallest absolute Gasteiger partial charge is 0.414 e. The molecule has 0 amide bonds. The molecule has 0 saturated heterocycles. The van der Waals surface area contributed by atoms with Gasteiger partial charge >= 0.3 is 11.9 Å². The van der Waals surface area contributed by atoms with E-state index in [1.165, 1.54) is 0 Å². The van der Waals surface area contributed by atoms with Gasteiger partial charge in [0, 0.05) is 0 Å². The molecule has 0 rings (SSSR count). The summed E-state index contributed by atoms with van der Waals surface area (Å²) < 4.78 is 0. The predicted molar refractivity (Wildman–Crippen MR) is 37.8 cm³/mol. The van der Waals surface area contributed by atoms with Crippen molar-refractivity contribution in [1.82, 2.24) is 0 Å². The van der Waals surface area contributed by atoms with Gasteiger partial charge in [0.1, 0.15) is 0 Å². The average Bonchev–Trinajstić information content (AvgIpc) is 1.96. The molecule has 0 atom stereocenters. The number of carboxylic acids is 2. The SMILES string of the molecule is C=C.C=C.O=C(O)C(=O)O. The van der Waals surface area contributed by atoms with Crippen molar-refractivity contribution in [2.45, 2.75) is 0 Å². The summed E-state index contributed by atoms with van der Waals surface area (Å²) in [6, 6.07) is 0. The van der Waals surface area contributed by atoms with E-state index in [1.807, 2.05) is 0 Å². The van der Waals surface area contributed by atoms with Crippen LogP contribution in [0, 0.1) is 0 Å². The highest BCUT2D eigenvalue weighted by atomic mass is 16.4. The monoisotopic (exact) mass is 146 g/mol. The van der Waals surface area contributed by atoms with Gasteiger partial charge in [-0.05, 0) is 0 Å². The Balaban J connectivity index is -0.000000105. The lowest BCUT2D eigenvalue weighted by Gasteiger charge is -1.72. The van der Waals surface area contributed by atoms with Crippen molar-refractivity contribution in [1.29, 1.82) is 0 Å². The normalized spacial score (nSPS) is 5.20. The summed E-state index contributed by atoms with van der Waals surface area (Å²) in [6.45, 7) is 12.0. The van der Waals surface area contributed by atoms with E-state index in [9.17, 15) is 0 Å². The van der Waals surface area contributed by atoms with E-state index < -0.39 is 11.9 Å². The maximum absolute atomic E-state index is 9.10. The van der Waals surface area contributed by atoms with Gasteiger partial charge < -0.3 is 10.2 Å². The highest BCUT2D eigenvalue weighted by molar-refractivity contribution is 6.27. The van der Waals surface area contributed by atoms with Crippen LogP contribution in [0.1, 0.15) is 0 Å². The molecular weight excluding hydrogens is 136 g/mol. The molecule has 0 aromatic rings. The van der Waals surface area contributed by atoms with Crippen molar-refractivity contribution >= 4 is 11.9 Å². The van der Waals surface area contributed by atoms with Gasteiger partial charge in [-0.2, -0.15) is 0 Å². The van der Waals surface area contributed by atoms with Crippen LogP contribution in [0.3, 0.4) is 0 Å². The summed E-state index contributed by atoms with van der Waals surface area (Å²) in [5.74, 6) is -3.65. The Morgan fingerprint density at radius 3 is 0.900 bits per heavy atom. The molecule has 0 aliphatic rings. The third kappa shape index (κ3) is 32.2. The highest BCUT2D eigenvalue weighted by Crippen LogP contribution is 1.56. The average molecular weight is 146 g/mol. The van der Waals surface area contributed by atoms with Gasteiger partial charge in [-0.25, -0.2) is 9.59 Å². The van der Waals surface area contributed by atoms with E-state index in [0.717, 1.165) is 0 Å². The minimum atomic E-state index is -1.82. The van der Waals surface area contributed by atoms with E-state index in [4.69, 9.17) is 19.8 Å². The van der Waals surface area contributed by atoms with E-state index in [1.54, 1.807) is 0 Å². The highest BCUT2D eigenvalue weighted by Gasteiger charge is 2.04. The van der Waals surface area contributed by atoms with Crippen LogP contribution in [-0.2, 0) is 9.59 Å². The molecule has 0 radical (unpaired) electrons. The van der Waals surface area contributed by atoms with Gasteiger partial charge in [0.25, 0.3) is 0 Å². The molecule has 10 heavy (non-hydrogen) atoms. The van der Waals surface area contributed by atoms with Crippen molar-refractivity contribution in [3.63, 3.8) is 0 Å². The fraction of sp³-hybridized carbons (Fsp3) is 0. The molecule has 0 heterocycles. The Labute approximate surface area is 59.1 Å². The van der Waals surface area contributed by atoms with Gasteiger partial charge in [0.05, 0.1) is 0 Å². The van der Waals surface area contributed by atoms with Crippen LogP contribution in [0.5, 0.6) is 0 Å². The summed E-state index contributed by atoms with van der Waals surface area (Å²) in [6.07, 6.45) is 0. The van der Waals surface area contributed by atoms with Crippen LogP contribution >= 0.6 is 0 Å². The Morgan fingerprint density at radius 1 is 0.800 bits per heavy atom. The predicted octanol–water partition coefficient (Wildman–Crippen LogP) is 0.760. The molecule has 0 aliphatic heterocycles.